The minimum atomic E-state index is -4.36. The highest BCUT2D eigenvalue weighted by Crippen LogP contribution is 2.15. The Morgan fingerprint density at radius 3 is 1.45 bits per heavy atom. The second-order valence-electron chi connectivity index (χ2n) is 13.5. The third kappa shape index (κ3) is 37.1. The van der Waals surface area contributed by atoms with Gasteiger partial charge < -0.3 is 10.4 Å². The van der Waals surface area contributed by atoms with Gasteiger partial charge in [-0.2, -0.15) is 8.42 Å². The van der Waals surface area contributed by atoms with Gasteiger partial charge in [-0.3, -0.25) is 9.35 Å². The van der Waals surface area contributed by atoms with E-state index in [0.717, 1.165) is 57.8 Å². The third-order valence-corrected chi connectivity index (χ3v) is 9.48. The molecule has 0 aliphatic rings. The monoisotopic (exact) mass is 706 g/mol. The third-order valence-electron chi connectivity index (χ3n) is 8.70. The number of carbonyl (C=O) groups excluding carboxylic acids is 1. The van der Waals surface area contributed by atoms with Crippen molar-refractivity contribution in [3.63, 3.8) is 0 Å². The van der Waals surface area contributed by atoms with Crippen LogP contribution in [0.15, 0.2) is 60.8 Å². The van der Waals surface area contributed by atoms with E-state index < -0.39 is 28.0 Å². The molecular weight excluding hydrogens is 631 g/mol. The summed E-state index contributed by atoms with van der Waals surface area (Å²) in [6.45, 7) is 4.40. The average Bonchev–Trinajstić information content (AvgIpc) is 3.06. The summed E-state index contributed by atoms with van der Waals surface area (Å²) in [5.41, 5.74) is 0. The smallest absolute Gasteiger partial charge is 0.267 e. The quantitative estimate of drug-likeness (QED) is 0.0346. The van der Waals surface area contributed by atoms with Crippen LogP contribution in [0.25, 0.3) is 0 Å². The Morgan fingerprint density at radius 1 is 0.571 bits per heavy atom. The minimum absolute atomic E-state index is 0.241. The molecule has 6 nitrogen and oxygen atoms in total. The lowest BCUT2D eigenvalue weighted by Crippen LogP contribution is -2.46. The van der Waals surface area contributed by atoms with E-state index >= 15 is 0 Å². The van der Waals surface area contributed by atoms with Gasteiger partial charge in [-0.25, -0.2) is 0 Å². The Labute approximate surface area is 302 Å². The van der Waals surface area contributed by atoms with Gasteiger partial charge in [0.1, 0.15) is 0 Å². The minimum Gasteiger partial charge on any atom is -0.387 e. The largest absolute Gasteiger partial charge is 0.387 e. The van der Waals surface area contributed by atoms with Crippen molar-refractivity contribution in [3.8, 4) is 0 Å². The summed E-state index contributed by atoms with van der Waals surface area (Å²) in [7, 11) is -4.36. The van der Waals surface area contributed by atoms with Crippen molar-refractivity contribution < 1.29 is 22.9 Å². The molecule has 2 unspecified atom stereocenters. The zero-order valence-corrected chi connectivity index (χ0v) is 32.4. The molecule has 0 aromatic heterocycles. The van der Waals surface area contributed by atoms with E-state index in [1.165, 1.54) is 96.3 Å². The molecule has 0 fully saturated rings. The first kappa shape index (κ1) is 47.0. The number of aliphatic hydroxyl groups excluding tert-OH is 1. The number of hydrogen-bond acceptors (Lipinski definition) is 4. The summed E-state index contributed by atoms with van der Waals surface area (Å²) >= 11 is 0. The topological polar surface area (TPSA) is 104 Å². The number of unbranched alkanes of at least 4 members (excludes halogenated alkanes) is 19. The molecule has 0 bridgehead atoms. The molecule has 0 rings (SSSR count). The van der Waals surface area contributed by atoms with Crippen molar-refractivity contribution in [2.45, 2.75) is 193 Å². The molecule has 2 atom stereocenters. The first-order valence-electron chi connectivity index (χ1n) is 20.0. The van der Waals surface area contributed by atoms with Crippen LogP contribution >= 0.6 is 0 Å². The summed E-state index contributed by atoms with van der Waals surface area (Å²) < 4.78 is 32.4. The molecule has 49 heavy (non-hydrogen) atoms. The van der Waals surface area contributed by atoms with Crippen LogP contribution < -0.4 is 5.32 Å². The normalized spacial score (nSPS) is 14.0. The summed E-state index contributed by atoms with van der Waals surface area (Å²) in [5, 5.41) is 13.2. The molecule has 0 saturated heterocycles. The second-order valence-corrected chi connectivity index (χ2v) is 15.0. The number of hydrogen-bond donors (Lipinski definition) is 3. The molecule has 0 aliphatic heterocycles. The van der Waals surface area contributed by atoms with Gasteiger partial charge in [-0.05, 0) is 57.8 Å². The number of aliphatic hydroxyl groups is 1. The predicted octanol–water partition coefficient (Wildman–Crippen LogP) is 11.7. The van der Waals surface area contributed by atoms with Crippen molar-refractivity contribution in [1.29, 1.82) is 0 Å². The van der Waals surface area contributed by atoms with Gasteiger partial charge in [0.15, 0.2) is 0 Å². The molecule has 3 N–H and O–H groups in total. The Hall–Kier alpha value is -1.96. The Balaban J connectivity index is 4.00. The highest BCUT2D eigenvalue weighted by Gasteiger charge is 2.24. The molecule has 0 aliphatic carbocycles. The van der Waals surface area contributed by atoms with E-state index in [-0.39, 0.29) is 12.3 Å². The molecular formula is C42H75NO5S. The van der Waals surface area contributed by atoms with Gasteiger partial charge >= 0.3 is 0 Å². The number of amides is 1. The zero-order valence-electron chi connectivity index (χ0n) is 31.5. The fourth-order valence-corrected chi connectivity index (χ4v) is 6.47. The molecule has 0 heterocycles. The first-order chi connectivity index (χ1) is 23.8. The molecule has 0 saturated carbocycles. The van der Waals surface area contributed by atoms with E-state index in [4.69, 9.17) is 0 Å². The van der Waals surface area contributed by atoms with Crippen LogP contribution in [0, 0.1) is 0 Å². The van der Waals surface area contributed by atoms with E-state index in [1.807, 2.05) is 6.08 Å². The maximum atomic E-state index is 12.5. The van der Waals surface area contributed by atoms with Gasteiger partial charge in [0.25, 0.3) is 10.1 Å². The summed E-state index contributed by atoms with van der Waals surface area (Å²) in [6.07, 6.45) is 49.2. The van der Waals surface area contributed by atoms with Gasteiger partial charge in [0, 0.05) is 6.42 Å². The fraction of sp³-hybridized carbons (Fsp3) is 0.738. The highest BCUT2D eigenvalue weighted by molar-refractivity contribution is 7.85. The molecule has 0 aromatic rings. The van der Waals surface area contributed by atoms with Crippen LogP contribution in [0.4, 0.5) is 0 Å². The Bertz CT molecular complexity index is 999. The van der Waals surface area contributed by atoms with Crippen LogP contribution in [-0.2, 0) is 14.9 Å². The lowest BCUT2D eigenvalue weighted by atomic mass is 10.0. The van der Waals surface area contributed by atoms with Crippen molar-refractivity contribution in [3.05, 3.63) is 60.8 Å². The summed E-state index contributed by atoms with van der Waals surface area (Å²) in [6, 6.07) is -1.08. The Morgan fingerprint density at radius 2 is 0.980 bits per heavy atom. The predicted molar refractivity (Wildman–Crippen MR) is 211 cm³/mol. The van der Waals surface area contributed by atoms with Crippen molar-refractivity contribution in [1.82, 2.24) is 5.32 Å². The maximum absolute atomic E-state index is 12.5. The second kappa shape index (κ2) is 35.9. The van der Waals surface area contributed by atoms with Crippen LogP contribution in [0.2, 0.25) is 0 Å². The van der Waals surface area contributed by atoms with E-state index in [9.17, 15) is 22.9 Å². The van der Waals surface area contributed by atoms with Crippen LogP contribution in [-0.4, -0.2) is 41.9 Å². The number of rotatable bonds is 35. The van der Waals surface area contributed by atoms with Crippen molar-refractivity contribution in [2.75, 3.05) is 5.75 Å². The van der Waals surface area contributed by atoms with E-state index in [1.54, 1.807) is 6.08 Å². The zero-order chi connectivity index (χ0) is 36.1. The van der Waals surface area contributed by atoms with Crippen molar-refractivity contribution in [2.24, 2.45) is 0 Å². The average molecular weight is 706 g/mol. The molecule has 1 amide bonds. The SMILES string of the molecule is CC/C=C\C/C=C\C/C=C\C/C=C\CCCCC(=O)NC(CS(=O)(=O)O)C(O)/C=C/CCCCCCCCCCCCCCCCCCC. The lowest BCUT2D eigenvalue weighted by Gasteiger charge is -2.21. The summed E-state index contributed by atoms with van der Waals surface area (Å²) in [5.74, 6) is -1.04. The Kier molecular flexibility index (Phi) is 34.4. The fourth-order valence-electron chi connectivity index (χ4n) is 5.73. The van der Waals surface area contributed by atoms with Gasteiger partial charge in [0.05, 0.1) is 17.9 Å². The van der Waals surface area contributed by atoms with E-state index in [2.05, 4.69) is 67.8 Å². The lowest BCUT2D eigenvalue weighted by molar-refractivity contribution is -0.122. The van der Waals surface area contributed by atoms with Gasteiger partial charge in [-0.1, -0.05) is 177 Å². The maximum Gasteiger partial charge on any atom is 0.267 e. The van der Waals surface area contributed by atoms with Crippen molar-refractivity contribution >= 4 is 16.0 Å². The standard InChI is InChI=1S/C42H75NO5S/c1-3-5-7-9-11-13-15-17-19-20-21-22-24-25-27-29-31-33-35-37-41(44)40(39-49(46,47)48)43-42(45)38-36-34-32-30-28-26-23-18-16-14-12-10-8-6-4-2/h6,8,12,14,18,23,28,30,35,37,40-41,44H,3-5,7,9-11,13,15-17,19-22,24-27,29,31-34,36,38-39H2,1-2H3,(H,43,45)(H,46,47,48)/b8-6-,14-12-,23-18-,30-28-,37-35+. The number of allylic oxidation sites excluding steroid dienone is 9. The molecule has 0 radical (unpaired) electrons. The molecule has 0 aromatic carbocycles. The van der Waals surface area contributed by atoms with E-state index in [0.29, 0.717) is 6.42 Å². The molecule has 0 spiro atoms. The molecule has 7 heteroatoms. The summed E-state index contributed by atoms with van der Waals surface area (Å²) in [4.78, 5) is 12.5. The number of nitrogens with one attached hydrogen (secondary N) is 1. The van der Waals surface area contributed by atoms with Crippen LogP contribution in [0.3, 0.4) is 0 Å². The number of carbonyl (C=O) groups is 1. The van der Waals surface area contributed by atoms with Gasteiger partial charge in [-0.15, -0.1) is 0 Å². The van der Waals surface area contributed by atoms with Crippen LogP contribution in [0.1, 0.15) is 181 Å². The highest BCUT2D eigenvalue weighted by atomic mass is 32.2. The van der Waals surface area contributed by atoms with Gasteiger partial charge in [0.2, 0.25) is 5.91 Å². The first-order valence-corrected chi connectivity index (χ1v) is 21.6. The van der Waals surface area contributed by atoms with Crippen LogP contribution in [0.5, 0.6) is 0 Å². The molecule has 284 valence electrons.